The van der Waals surface area contributed by atoms with Crippen molar-refractivity contribution in [2.45, 2.75) is 41.0 Å². The maximum atomic E-state index is 13.1. The van der Waals surface area contributed by atoms with Crippen LogP contribution in [0.4, 0.5) is 0 Å². The maximum Gasteiger partial charge on any atom is 0.254 e. The van der Waals surface area contributed by atoms with Crippen molar-refractivity contribution < 1.29 is 13.2 Å². The van der Waals surface area contributed by atoms with Crippen molar-refractivity contribution >= 4 is 15.9 Å². The van der Waals surface area contributed by atoms with Crippen molar-refractivity contribution in [1.82, 2.24) is 9.21 Å². The van der Waals surface area contributed by atoms with Crippen LogP contribution in [-0.4, -0.2) is 55.5 Å². The van der Waals surface area contributed by atoms with Crippen molar-refractivity contribution in [1.29, 1.82) is 0 Å². The molecule has 0 aromatic heterocycles. The molecule has 0 spiro atoms. The van der Waals surface area contributed by atoms with Gasteiger partial charge in [-0.15, -0.1) is 0 Å². The Labute approximate surface area is 145 Å². The summed E-state index contributed by atoms with van der Waals surface area (Å²) in [4.78, 5) is 14.9. The Morgan fingerprint density at radius 1 is 1.00 bits per heavy atom. The van der Waals surface area contributed by atoms with E-state index in [9.17, 15) is 13.2 Å². The molecule has 0 saturated carbocycles. The molecule has 1 aliphatic rings. The zero-order valence-electron chi connectivity index (χ0n) is 15.3. The van der Waals surface area contributed by atoms with Crippen LogP contribution in [0.3, 0.4) is 0 Å². The van der Waals surface area contributed by atoms with Gasteiger partial charge in [-0.2, -0.15) is 0 Å². The number of aryl methyl sites for hydroxylation is 2. The Kier molecular flexibility index (Phi) is 5.71. The Morgan fingerprint density at radius 2 is 1.58 bits per heavy atom. The lowest BCUT2D eigenvalue weighted by Crippen LogP contribution is -2.38. The van der Waals surface area contributed by atoms with Gasteiger partial charge < -0.3 is 4.90 Å². The summed E-state index contributed by atoms with van der Waals surface area (Å²) in [5.41, 5.74) is 5.05. The molecule has 0 aliphatic carbocycles. The molecule has 2 rings (SSSR count). The standard InChI is InChI=1S/C18H28N2O3S/c1-6-24(22,23)20-9-7-8-19(10-11-20)18(21)17-15(4)13(2)12-14(3)16(17)5/h12H,6-11H2,1-5H3. The molecular formula is C18H28N2O3S. The van der Waals surface area contributed by atoms with E-state index >= 15 is 0 Å². The molecule has 24 heavy (non-hydrogen) atoms. The van der Waals surface area contributed by atoms with E-state index in [4.69, 9.17) is 0 Å². The quantitative estimate of drug-likeness (QED) is 0.839. The van der Waals surface area contributed by atoms with Crippen LogP contribution < -0.4 is 0 Å². The fraction of sp³-hybridized carbons (Fsp3) is 0.611. The number of carbonyl (C=O) groups excluding carboxylic acids is 1. The van der Waals surface area contributed by atoms with Crippen LogP contribution in [0.2, 0.25) is 0 Å². The van der Waals surface area contributed by atoms with Crippen molar-refractivity contribution in [3.05, 3.63) is 33.9 Å². The van der Waals surface area contributed by atoms with Gasteiger partial charge >= 0.3 is 0 Å². The molecule has 134 valence electrons. The summed E-state index contributed by atoms with van der Waals surface area (Å²) in [7, 11) is -3.19. The summed E-state index contributed by atoms with van der Waals surface area (Å²) in [6.45, 7) is 11.6. The molecule has 0 atom stereocenters. The van der Waals surface area contributed by atoms with Crippen molar-refractivity contribution in [2.24, 2.45) is 0 Å². The fourth-order valence-corrected chi connectivity index (χ4v) is 4.39. The first-order valence-electron chi connectivity index (χ1n) is 8.53. The van der Waals surface area contributed by atoms with Gasteiger partial charge in [-0.1, -0.05) is 6.07 Å². The van der Waals surface area contributed by atoms with E-state index in [0.717, 1.165) is 27.8 Å². The highest BCUT2D eigenvalue weighted by Gasteiger charge is 2.27. The van der Waals surface area contributed by atoms with Gasteiger partial charge in [0.25, 0.3) is 5.91 Å². The minimum atomic E-state index is -3.19. The van der Waals surface area contributed by atoms with Crippen LogP contribution in [0.25, 0.3) is 0 Å². The molecule has 1 heterocycles. The van der Waals surface area contributed by atoms with Gasteiger partial charge in [-0.3, -0.25) is 4.79 Å². The number of amides is 1. The van der Waals surface area contributed by atoms with Crippen LogP contribution in [0.15, 0.2) is 6.07 Å². The van der Waals surface area contributed by atoms with Crippen LogP contribution in [0.5, 0.6) is 0 Å². The Morgan fingerprint density at radius 3 is 2.12 bits per heavy atom. The summed E-state index contributed by atoms with van der Waals surface area (Å²) in [6.07, 6.45) is 0.674. The van der Waals surface area contributed by atoms with Crippen LogP contribution >= 0.6 is 0 Å². The smallest absolute Gasteiger partial charge is 0.254 e. The van der Waals surface area contributed by atoms with E-state index in [1.54, 1.807) is 11.8 Å². The van der Waals surface area contributed by atoms with Gasteiger partial charge in [0.1, 0.15) is 0 Å². The first-order valence-corrected chi connectivity index (χ1v) is 10.1. The van der Waals surface area contributed by atoms with Gasteiger partial charge in [0.2, 0.25) is 10.0 Å². The van der Waals surface area contributed by atoms with Gasteiger partial charge in [-0.25, -0.2) is 12.7 Å². The number of hydrogen-bond acceptors (Lipinski definition) is 3. The van der Waals surface area contributed by atoms with E-state index < -0.39 is 10.0 Å². The van der Waals surface area contributed by atoms with Crippen molar-refractivity contribution in [2.75, 3.05) is 31.9 Å². The van der Waals surface area contributed by atoms with E-state index in [1.165, 1.54) is 4.31 Å². The molecule has 0 N–H and O–H groups in total. The predicted octanol–water partition coefficient (Wildman–Crippen LogP) is 2.42. The van der Waals surface area contributed by atoms with Crippen molar-refractivity contribution in [3.63, 3.8) is 0 Å². The molecule has 0 bridgehead atoms. The first-order chi connectivity index (χ1) is 11.2. The van der Waals surface area contributed by atoms with E-state index in [1.807, 2.05) is 27.7 Å². The molecule has 5 nitrogen and oxygen atoms in total. The minimum absolute atomic E-state index is 0.0209. The lowest BCUT2D eigenvalue weighted by Gasteiger charge is -2.24. The van der Waals surface area contributed by atoms with E-state index in [2.05, 4.69) is 6.07 Å². The SMILES string of the molecule is CCS(=O)(=O)N1CCCN(C(=O)c2c(C)c(C)cc(C)c2C)CC1. The molecule has 1 aliphatic heterocycles. The summed E-state index contributed by atoms with van der Waals surface area (Å²) < 4.78 is 25.7. The lowest BCUT2D eigenvalue weighted by molar-refractivity contribution is 0.0762. The predicted molar refractivity (Wildman–Crippen MR) is 96.9 cm³/mol. The van der Waals surface area contributed by atoms with Crippen LogP contribution in [0, 0.1) is 27.7 Å². The number of hydrogen-bond donors (Lipinski definition) is 0. The molecule has 1 amide bonds. The Balaban J connectivity index is 2.26. The number of nitrogens with zero attached hydrogens (tertiary/aromatic N) is 2. The highest BCUT2D eigenvalue weighted by Crippen LogP contribution is 2.24. The summed E-state index contributed by atoms with van der Waals surface area (Å²) in [5, 5.41) is 0. The van der Waals surface area contributed by atoms with E-state index in [0.29, 0.717) is 32.6 Å². The highest BCUT2D eigenvalue weighted by atomic mass is 32.2. The third-order valence-corrected chi connectivity index (χ3v) is 6.96. The summed E-state index contributed by atoms with van der Waals surface area (Å²) in [5.74, 6) is 0.128. The van der Waals surface area contributed by atoms with Crippen LogP contribution in [0.1, 0.15) is 46.0 Å². The van der Waals surface area contributed by atoms with Gasteiger partial charge in [0.15, 0.2) is 0 Å². The molecule has 1 aromatic rings. The van der Waals surface area contributed by atoms with Crippen molar-refractivity contribution in [3.8, 4) is 0 Å². The monoisotopic (exact) mass is 352 g/mol. The second kappa shape index (κ2) is 7.23. The molecule has 0 radical (unpaired) electrons. The average molecular weight is 353 g/mol. The molecule has 1 saturated heterocycles. The normalized spacial score (nSPS) is 17.0. The second-order valence-electron chi connectivity index (χ2n) is 6.58. The number of sulfonamides is 1. The first kappa shape index (κ1) is 18.9. The molecule has 0 unspecified atom stereocenters. The molecule has 1 aromatic carbocycles. The van der Waals surface area contributed by atoms with E-state index in [-0.39, 0.29) is 11.7 Å². The minimum Gasteiger partial charge on any atom is -0.337 e. The summed E-state index contributed by atoms with van der Waals surface area (Å²) >= 11 is 0. The zero-order valence-corrected chi connectivity index (χ0v) is 16.2. The topological polar surface area (TPSA) is 57.7 Å². The lowest BCUT2D eigenvalue weighted by atomic mass is 9.93. The number of benzene rings is 1. The second-order valence-corrected chi connectivity index (χ2v) is 8.84. The zero-order chi connectivity index (χ0) is 18.1. The molecular weight excluding hydrogens is 324 g/mol. The fourth-order valence-electron chi connectivity index (χ4n) is 3.25. The molecule has 1 fully saturated rings. The average Bonchev–Trinajstić information content (AvgIpc) is 2.79. The van der Waals surface area contributed by atoms with Gasteiger partial charge in [-0.05, 0) is 63.3 Å². The largest absolute Gasteiger partial charge is 0.337 e. The maximum absolute atomic E-state index is 13.1. The van der Waals surface area contributed by atoms with Gasteiger partial charge in [0, 0.05) is 31.7 Å². The number of carbonyl (C=O) groups is 1. The number of rotatable bonds is 3. The molecule has 6 heteroatoms. The third-order valence-electron chi connectivity index (χ3n) is 5.08. The highest BCUT2D eigenvalue weighted by molar-refractivity contribution is 7.89. The third kappa shape index (κ3) is 3.64. The summed E-state index contributed by atoms with van der Waals surface area (Å²) in [6, 6.07) is 2.11. The van der Waals surface area contributed by atoms with Crippen LogP contribution in [-0.2, 0) is 10.0 Å². The Bertz CT molecular complexity index is 715. The van der Waals surface area contributed by atoms with Gasteiger partial charge in [0.05, 0.1) is 5.75 Å². The Hall–Kier alpha value is -1.40.